The van der Waals surface area contributed by atoms with E-state index in [4.69, 9.17) is 4.74 Å². The van der Waals surface area contributed by atoms with E-state index in [0.717, 1.165) is 38.5 Å². The first-order valence-corrected chi connectivity index (χ1v) is 8.91. The number of nitrogens with one attached hydrogen (secondary N) is 2. The fraction of sp³-hybridized carbons (Fsp3) is 0.368. The Morgan fingerprint density at radius 3 is 2.59 bits per heavy atom. The second-order valence-corrected chi connectivity index (χ2v) is 6.23. The van der Waals surface area contributed by atoms with Crippen molar-refractivity contribution in [1.29, 1.82) is 0 Å². The molecular formula is C19H23N5O3. The number of nitrogens with zero attached hydrogens (tertiary/aromatic N) is 3. The Morgan fingerprint density at radius 1 is 1.15 bits per heavy atom. The van der Waals surface area contributed by atoms with Gasteiger partial charge in [0.1, 0.15) is 5.69 Å². The van der Waals surface area contributed by atoms with Crippen LogP contribution >= 0.6 is 0 Å². The number of hydrogen-bond acceptors (Lipinski definition) is 7. The summed E-state index contributed by atoms with van der Waals surface area (Å²) in [6, 6.07) is 8.58. The first-order chi connectivity index (χ1) is 13.1. The van der Waals surface area contributed by atoms with Crippen LogP contribution in [-0.4, -0.2) is 66.0 Å². The van der Waals surface area contributed by atoms with Gasteiger partial charge in [0.05, 0.1) is 13.2 Å². The zero-order valence-electron chi connectivity index (χ0n) is 15.3. The summed E-state index contributed by atoms with van der Waals surface area (Å²) in [4.78, 5) is 34.3. The number of rotatable bonds is 7. The molecule has 0 aliphatic carbocycles. The molecule has 2 aromatic rings. The number of benzene rings is 1. The molecule has 3 rings (SSSR count). The third-order valence-electron chi connectivity index (χ3n) is 4.25. The summed E-state index contributed by atoms with van der Waals surface area (Å²) in [5.74, 6) is 0.0978. The van der Waals surface area contributed by atoms with Crippen molar-refractivity contribution < 1.29 is 14.3 Å². The molecule has 1 amide bonds. The van der Waals surface area contributed by atoms with Crippen LogP contribution < -0.4 is 10.6 Å². The molecule has 1 aliphatic heterocycles. The predicted octanol–water partition coefficient (Wildman–Crippen LogP) is 1.48. The smallest absolute Gasteiger partial charge is 0.270 e. The van der Waals surface area contributed by atoms with E-state index in [1.165, 1.54) is 13.1 Å². The molecule has 0 saturated carbocycles. The second kappa shape index (κ2) is 9.20. The maximum Gasteiger partial charge on any atom is 0.270 e. The molecule has 1 aliphatic rings. The average Bonchev–Trinajstić information content (AvgIpc) is 2.69. The summed E-state index contributed by atoms with van der Waals surface area (Å²) >= 11 is 0. The Bertz CT molecular complexity index is 788. The summed E-state index contributed by atoms with van der Waals surface area (Å²) in [6.07, 6.45) is 1.54. The van der Waals surface area contributed by atoms with Gasteiger partial charge in [0, 0.05) is 43.6 Å². The molecule has 0 atom stereocenters. The Kier molecular flexibility index (Phi) is 6.45. The van der Waals surface area contributed by atoms with E-state index in [2.05, 4.69) is 25.5 Å². The molecule has 0 radical (unpaired) electrons. The van der Waals surface area contributed by atoms with Gasteiger partial charge < -0.3 is 15.4 Å². The minimum absolute atomic E-state index is 0.00791. The molecule has 1 saturated heterocycles. The van der Waals surface area contributed by atoms with Crippen LogP contribution in [-0.2, 0) is 4.74 Å². The van der Waals surface area contributed by atoms with E-state index in [1.807, 2.05) is 0 Å². The highest BCUT2D eigenvalue weighted by Crippen LogP contribution is 2.14. The number of Topliss-reactive ketones (excluding diaryl/α,β-unsaturated/α-hetero) is 1. The molecule has 142 valence electrons. The van der Waals surface area contributed by atoms with Crippen LogP contribution in [0.2, 0.25) is 0 Å². The predicted molar refractivity (Wildman–Crippen MR) is 101 cm³/mol. The molecule has 0 spiro atoms. The van der Waals surface area contributed by atoms with Crippen molar-refractivity contribution in [2.45, 2.75) is 6.92 Å². The first-order valence-electron chi connectivity index (χ1n) is 8.91. The Labute approximate surface area is 158 Å². The number of anilines is 2. The fourth-order valence-corrected chi connectivity index (χ4v) is 2.71. The maximum atomic E-state index is 12.3. The summed E-state index contributed by atoms with van der Waals surface area (Å²) in [5.41, 5.74) is 1.68. The van der Waals surface area contributed by atoms with Crippen LogP contribution in [0.3, 0.4) is 0 Å². The highest BCUT2D eigenvalue weighted by atomic mass is 16.5. The van der Waals surface area contributed by atoms with E-state index in [9.17, 15) is 9.59 Å². The topological polar surface area (TPSA) is 96.5 Å². The van der Waals surface area contributed by atoms with Gasteiger partial charge in [0.15, 0.2) is 5.78 Å². The van der Waals surface area contributed by atoms with Crippen molar-refractivity contribution in [3.8, 4) is 0 Å². The lowest BCUT2D eigenvalue weighted by molar-refractivity contribution is 0.0383. The summed E-state index contributed by atoms with van der Waals surface area (Å²) in [5, 5.41) is 5.92. The molecule has 8 nitrogen and oxygen atoms in total. The normalized spacial score (nSPS) is 14.6. The Balaban J connectivity index is 1.54. The second-order valence-electron chi connectivity index (χ2n) is 6.23. The van der Waals surface area contributed by atoms with Crippen LogP contribution in [0.4, 0.5) is 11.6 Å². The molecule has 2 N–H and O–H groups in total. The molecule has 2 heterocycles. The molecule has 27 heavy (non-hydrogen) atoms. The van der Waals surface area contributed by atoms with Crippen LogP contribution in [0.1, 0.15) is 27.8 Å². The number of ketones is 1. The lowest BCUT2D eigenvalue weighted by Gasteiger charge is -2.26. The van der Waals surface area contributed by atoms with E-state index < -0.39 is 0 Å². The van der Waals surface area contributed by atoms with Gasteiger partial charge in [-0.1, -0.05) is 0 Å². The SMILES string of the molecule is CC(=O)c1ccc(Nc2nccc(C(=O)NCCN3CCOCC3)n2)cc1. The van der Waals surface area contributed by atoms with Crippen molar-refractivity contribution >= 4 is 23.3 Å². The number of hydrogen-bond donors (Lipinski definition) is 2. The van der Waals surface area contributed by atoms with Crippen LogP contribution in [0.5, 0.6) is 0 Å². The van der Waals surface area contributed by atoms with Gasteiger partial charge in [0.25, 0.3) is 5.91 Å². The van der Waals surface area contributed by atoms with Gasteiger partial charge in [-0.3, -0.25) is 14.5 Å². The van der Waals surface area contributed by atoms with Crippen molar-refractivity contribution in [3.05, 3.63) is 47.8 Å². The van der Waals surface area contributed by atoms with Crippen molar-refractivity contribution in [2.75, 3.05) is 44.7 Å². The monoisotopic (exact) mass is 369 g/mol. The van der Waals surface area contributed by atoms with E-state index in [1.54, 1.807) is 30.3 Å². The lowest BCUT2D eigenvalue weighted by Crippen LogP contribution is -2.41. The number of carbonyl (C=O) groups is 2. The summed E-state index contributed by atoms with van der Waals surface area (Å²) in [7, 11) is 0. The minimum Gasteiger partial charge on any atom is -0.379 e. The quantitative estimate of drug-likeness (QED) is 0.714. The molecule has 8 heteroatoms. The molecule has 0 unspecified atom stereocenters. The lowest BCUT2D eigenvalue weighted by atomic mass is 10.1. The van der Waals surface area contributed by atoms with Crippen molar-refractivity contribution in [3.63, 3.8) is 0 Å². The molecular weight excluding hydrogens is 346 g/mol. The maximum absolute atomic E-state index is 12.3. The van der Waals surface area contributed by atoms with E-state index in [0.29, 0.717) is 23.8 Å². The highest BCUT2D eigenvalue weighted by Gasteiger charge is 2.12. The Morgan fingerprint density at radius 2 is 1.89 bits per heavy atom. The zero-order valence-corrected chi connectivity index (χ0v) is 15.3. The van der Waals surface area contributed by atoms with Gasteiger partial charge in [-0.2, -0.15) is 0 Å². The molecule has 1 fully saturated rings. The molecule has 0 bridgehead atoms. The van der Waals surface area contributed by atoms with Crippen molar-refractivity contribution in [1.82, 2.24) is 20.2 Å². The molecule has 1 aromatic carbocycles. The van der Waals surface area contributed by atoms with Crippen LogP contribution in [0.25, 0.3) is 0 Å². The van der Waals surface area contributed by atoms with Gasteiger partial charge in [-0.25, -0.2) is 9.97 Å². The van der Waals surface area contributed by atoms with Crippen LogP contribution in [0, 0.1) is 0 Å². The number of carbonyl (C=O) groups excluding carboxylic acids is 2. The Hall–Kier alpha value is -2.84. The number of ether oxygens (including phenoxy) is 1. The highest BCUT2D eigenvalue weighted by molar-refractivity contribution is 5.94. The third kappa shape index (κ3) is 5.57. The third-order valence-corrected chi connectivity index (χ3v) is 4.25. The van der Waals surface area contributed by atoms with Crippen LogP contribution in [0.15, 0.2) is 36.5 Å². The summed E-state index contributed by atoms with van der Waals surface area (Å²) in [6.45, 7) is 6.11. The fourth-order valence-electron chi connectivity index (χ4n) is 2.71. The summed E-state index contributed by atoms with van der Waals surface area (Å²) < 4.78 is 5.31. The van der Waals surface area contributed by atoms with Crippen molar-refractivity contribution in [2.24, 2.45) is 0 Å². The molecule has 1 aromatic heterocycles. The first kappa shape index (κ1) is 18.9. The minimum atomic E-state index is -0.236. The van der Waals surface area contributed by atoms with Gasteiger partial charge in [-0.15, -0.1) is 0 Å². The van der Waals surface area contributed by atoms with Gasteiger partial charge >= 0.3 is 0 Å². The van der Waals surface area contributed by atoms with E-state index >= 15 is 0 Å². The van der Waals surface area contributed by atoms with Gasteiger partial charge in [0.2, 0.25) is 5.95 Å². The zero-order chi connectivity index (χ0) is 19.1. The van der Waals surface area contributed by atoms with E-state index in [-0.39, 0.29) is 11.7 Å². The number of amides is 1. The average molecular weight is 369 g/mol. The standard InChI is InChI=1S/C19H23N5O3/c1-14(25)15-2-4-16(5-3-15)22-19-21-7-6-17(23-19)18(26)20-8-9-24-10-12-27-13-11-24/h2-7H,8-13H2,1H3,(H,20,26)(H,21,22,23). The van der Waals surface area contributed by atoms with Gasteiger partial charge in [-0.05, 0) is 37.3 Å². The number of aromatic nitrogens is 2. The number of morpholine rings is 1. The largest absolute Gasteiger partial charge is 0.379 e.